The maximum Gasteiger partial charge on any atom is 0.123 e. The van der Waals surface area contributed by atoms with Gasteiger partial charge >= 0.3 is 0 Å². The highest BCUT2D eigenvalue weighted by Crippen LogP contribution is 2.18. The summed E-state index contributed by atoms with van der Waals surface area (Å²) in [4.78, 5) is 9.02. The third-order valence-electron chi connectivity index (χ3n) is 3.59. The van der Waals surface area contributed by atoms with Crippen LogP contribution in [0.15, 0.2) is 18.3 Å². The second-order valence-electron chi connectivity index (χ2n) is 4.66. The smallest absolute Gasteiger partial charge is 0.123 e. The quantitative estimate of drug-likeness (QED) is 0.870. The summed E-state index contributed by atoms with van der Waals surface area (Å²) in [6, 6.07) is 4.56. The van der Waals surface area contributed by atoms with Crippen LogP contribution in [0.4, 0.5) is 11.5 Å². The monoisotopic (exact) mass is 264 g/mol. The van der Waals surface area contributed by atoms with E-state index in [1.54, 1.807) is 0 Å². The number of hydrogen-bond donors (Lipinski definition) is 1. The number of aromatic nitrogens is 1. The third-order valence-corrected chi connectivity index (χ3v) is 3.59. The molecule has 19 heavy (non-hydrogen) atoms. The lowest BCUT2D eigenvalue weighted by Crippen LogP contribution is -2.56. The van der Waals surface area contributed by atoms with Gasteiger partial charge in [0, 0.05) is 26.2 Å². The Morgan fingerprint density at radius 1 is 1.16 bits per heavy atom. The average Bonchev–Trinajstić information content (AvgIpc) is 2.41. The standard InChI is InChI=1S/C12H18N4O.C2H6/c13-12-2-1-10(7-14-12)15-3-5-16(6-4-15)11-8-17-9-11;1-2/h1-2,7,11H,3-6,8-9H2,(H2,13,14);1-2H3. The summed E-state index contributed by atoms with van der Waals surface area (Å²) >= 11 is 0. The molecule has 1 aromatic rings. The summed E-state index contributed by atoms with van der Waals surface area (Å²) in [6.07, 6.45) is 1.86. The fourth-order valence-electron chi connectivity index (χ4n) is 2.36. The van der Waals surface area contributed by atoms with Gasteiger partial charge in [-0.2, -0.15) is 0 Å². The molecule has 2 saturated heterocycles. The summed E-state index contributed by atoms with van der Waals surface area (Å²) in [7, 11) is 0. The topological polar surface area (TPSA) is 54.6 Å². The van der Waals surface area contributed by atoms with Crippen LogP contribution in [0.2, 0.25) is 0 Å². The highest BCUT2D eigenvalue weighted by Gasteiger charge is 2.28. The van der Waals surface area contributed by atoms with E-state index in [1.807, 2.05) is 32.2 Å². The Balaban J connectivity index is 0.000000637. The number of piperazine rings is 1. The summed E-state index contributed by atoms with van der Waals surface area (Å²) < 4.78 is 5.23. The number of pyridine rings is 1. The highest BCUT2D eigenvalue weighted by molar-refractivity contribution is 5.48. The van der Waals surface area contributed by atoms with E-state index in [2.05, 4.69) is 14.8 Å². The lowest BCUT2D eigenvalue weighted by atomic mass is 10.2. The molecule has 2 aliphatic heterocycles. The van der Waals surface area contributed by atoms with E-state index in [1.165, 1.54) is 5.69 Å². The first-order chi connectivity index (χ1) is 9.33. The van der Waals surface area contributed by atoms with Gasteiger partial charge in [-0.15, -0.1) is 0 Å². The number of anilines is 2. The third kappa shape index (κ3) is 3.36. The van der Waals surface area contributed by atoms with Gasteiger partial charge in [-0.05, 0) is 12.1 Å². The Hall–Kier alpha value is -1.33. The molecule has 106 valence electrons. The predicted octanol–water partition coefficient (Wildman–Crippen LogP) is 1.21. The van der Waals surface area contributed by atoms with Crippen LogP contribution >= 0.6 is 0 Å². The molecule has 0 atom stereocenters. The van der Waals surface area contributed by atoms with Crippen molar-refractivity contribution in [2.75, 3.05) is 50.0 Å². The van der Waals surface area contributed by atoms with Crippen molar-refractivity contribution in [1.29, 1.82) is 0 Å². The van der Waals surface area contributed by atoms with Gasteiger partial charge in [-0.3, -0.25) is 4.90 Å². The summed E-state index contributed by atoms with van der Waals surface area (Å²) in [5.74, 6) is 0.582. The van der Waals surface area contributed by atoms with Crippen LogP contribution in [0.3, 0.4) is 0 Å². The van der Waals surface area contributed by atoms with Gasteiger partial charge in [-0.1, -0.05) is 13.8 Å². The Bertz CT molecular complexity index is 370. The molecule has 0 spiro atoms. The van der Waals surface area contributed by atoms with Crippen molar-refractivity contribution < 1.29 is 4.74 Å². The van der Waals surface area contributed by atoms with E-state index in [0.29, 0.717) is 11.9 Å². The molecule has 0 saturated carbocycles. The molecule has 0 radical (unpaired) electrons. The van der Waals surface area contributed by atoms with Crippen LogP contribution in [-0.4, -0.2) is 55.3 Å². The van der Waals surface area contributed by atoms with E-state index in [9.17, 15) is 0 Å². The molecule has 1 aromatic heterocycles. The molecule has 2 fully saturated rings. The lowest BCUT2D eigenvalue weighted by Gasteiger charge is -2.43. The largest absolute Gasteiger partial charge is 0.384 e. The number of ether oxygens (including phenoxy) is 1. The molecule has 2 N–H and O–H groups in total. The number of nitrogen functional groups attached to an aromatic ring is 1. The zero-order chi connectivity index (χ0) is 13.7. The minimum absolute atomic E-state index is 0.582. The SMILES string of the molecule is CC.Nc1ccc(N2CCN(C3COC3)CC2)cn1. The van der Waals surface area contributed by atoms with E-state index in [-0.39, 0.29) is 0 Å². The summed E-state index contributed by atoms with van der Waals surface area (Å²) in [5, 5.41) is 0. The van der Waals surface area contributed by atoms with Gasteiger partial charge in [0.1, 0.15) is 5.82 Å². The summed E-state index contributed by atoms with van der Waals surface area (Å²) in [5.41, 5.74) is 6.76. The van der Waals surface area contributed by atoms with Crippen LogP contribution in [0.1, 0.15) is 13.8 Å². The van der Waals surface area contributed by atoms with Crippen LogP contribution < -0.4 is 10.6 Å². The Morgan fingerprint density at radius 3 is 2.32 bits per heavy atom. The Kier molecular flexibility index (Phi) is 4.99. The van der Waals surface area contributed by atoms with Crippen molar-refractivity contribution >= 4 is 11.5 Å². The number of hydrogen-bond acceptors (Lipinski definition) is 5. The average molecular weight is 264 g/mol. The molecular weight excluding hydrogens is 240 g/mol. The van der Waals surface area contributed by atoms with Crippen LogP contribution in [0, 0.1) is 0 Å². The fraction of sp³-hybridized carbons (Fsp3) is 0.643. The van der Waals surface area contributed by atoms with Crippen molar-refractivity contribution in [3.8, 4) is 0 Å². The minimum atomic E-state index is 0.582. The Morgan fingerprint density at radius 2 is 1.84 bits per heavy atom. The molecule has 0 aromatic carbocycles. The van der Waals surface area contributed by atoms with Crippen molar-refractivity contribution in [2.45, 2.75) is 19.9 Å². The second kappa shape index (κ2) is 6.73. The van der Waals surface area contributed by atoms with E-state index >= 15 is 0 Å². The van der Waals surface area contributed by atoms with Crippen LogP contribution in [-0.2, 0) is 4.74 Å². The molecule has 2 aliphatic rings. The zero-order valence-corrected chi connectivity index (χ0v) is 11.9. The van der Waals surface area contributed by atoms with Gasteiger partial charge in [0.15, 0.2) is 0 Å². The maximum atomic E-state index is 5.59. The number of nitrogens with zero attached hydrogens (tertiary/aromatic N) is 3. The van der Waals surface area contributed by atoms with Crippen molar-refractivity contribution in [1.82, 2.24) is 9.88 Å². The predicted molar refractivity (Wildman–Crippen MR) is 78.4 cm³/mol. The van der Waals surface area contributed by atoms with Gasteiger partial charge < -0.3 is 15.4 Å². The molecule has 0 amide bonds. The van der Waals surface area contributed by atoms with Crippen molar-refractivity contribution in [3.63, 3.8) is 0 Å². The van der Waals surface area contributed by atoms with Gasteiger partial charge in [0.25, 0.3) is 0 Å². The lowest BCUT2D eigenvalue weighted by molar-refractivity contribution is -0.0660. The second-order valence-corrected chi connectivity index (χ2v) is 4.66. The van der Waals surface area contributed by atoms with Gasteiger partial charge in [0.05, 0.1) is 31.1 Å². The molecule has 0 bridgehead atoms. The Labute approximate surface area is 115 Å². The van der Waals surface area contributed by atoms with Crippen molar-refractivity contribution in [2.24, 2.45) is 0 Å². The molecule has 0 aliphatic carbocycles. The van der Waals surface area contributed by atoms with E-state index in [4.69, 9.17) is 10.5 Å². The molecule has 5 nitrogen and oxygen atoms in total. The highest BCUT2D eigenvalue weighted by atomic mass is 16.5. The number of rotatable bonds is 2. The first-order valence-electron chi connectivity index (χ1n) is 7.11. The maximum absolute atomic E-state index is 5.59. The minimum Gasteiger partial charge on any atom is -0.384 e. The van der Waals surface area contributed by atoms with Crippen LogP contribution in [0.25, 0.3) is 0 Å². The van der Waals surface area contributed by atoms with Crippen LogP contribution in [0.5, 0.6) is 0 Å². The summed E-state index contributed by atoms with van der Waals surface area (Å²) in [6.45, 7) is 10.1. The molecular formula is C14H24N4O. The van der Waals surface area contributed by atoms with E-state index in [0.717, 1.165) is 39.4 Å². The van der Waals surface area contributed by atoms with Gasteiger partial charge in [0.2, 0.25) is 0 Å². The first-order valence-corrected chi connectivity index (χ1v) is 7.11. The zero-order valence-electron chi connectivity index (χ0n) is 11.9. The van der Waals surface area contributed by atoms with E-state index < -0.39 is 0 Å². The molecule has 5 heteroatoms. The normalized spacial score (nSPS) is 20.4. The molecule has 3 heterocycles. The van der Waals surface area contributed by atoms with Crippen molar-refractivity contribution in [3.05, 3.63) is 18.3 Å². The first kappa shape index (κ1) is 14.1. The molecule has 0 unspecified atom stereocenters. The van der Waals surface area contributed by atoms with Gasteiger partial charge in [-0.25, -0.2) is 4.98 Å². The fourth-order valence-corrected chi connectivity index (χ4v) is 2.36. The molecule has 3 rings (SSSR count). The number of nitrogens with two attached hydrogens (primary N) is 1.